The second kappa shape index (κ2) is 10.7. The molecular formula is C48H43NO2. The molecule has 1 atom stereocenters. The molecule has 3 heteroatoms. The highest BCUT2D eigenvalue weighted by Gasteiger charge is 2.45. The lowest BCUT2D eigenvalue weighted by atomic mass is 9.75. The number of hydrogen-bond acceptors (Lipinski definition) is 3. The van der Waals surface area contributed by atoms with Crippen LogP contribution >= 0.6 is 0 Å². The fourth-order valence-corrected chi connectivity index (χ4v) is 9.70. The minimum atomic E-state index is -0.834. The maximum Gasteiger partial charge on any atom is 0.178 e. The van der Waals surface area contributed by atoms with Crippen molar-refractivity contribution in [3.8, 4) is 28.0 Å². The monoisotopic (exact) mass is 665 g/mol. The molecule has 6 aromatic carbocycles. The molecular weight excluding hydrogens is 623 g/mol. The predicted octanol–water partition coefficient (Wildman–Crippen LogP) is 10.9. The molecule has 6 aromatic rings. The van der Waals surface area contributed by atoms with Gasteiger partial charge >= 0.3 is 0 Å². The van der Waals surface area contributed by atoms with Gasteiger partial charge in [-0.3, -0.25) is 0 Å². The third kappa shape index (κ3) is 4.22. The Morgan fingerprint density at radius 3 is 2.08 bits per heavy atom. The molecule has 0 amide bonds. The van der Waals surface area contributed by atoms with Crippen molar-refractivity contribution >= 4 is 22.5 Å². The van der Waals surface area contributed by atoms with E-state index in [1.165, 1.54) is 66.7 Å². The van der Waals surface area contributed by atoms with Crippen LogP contribution in [0, 0.1) is 6.92 Å². The number of aryl methyl sites for hydroxylation is 1. The SMILES string of the molecule is Cc1ccc2c(c1)C(C)(C)c1c3c(c4ccccc4c1-2)OC(c1ccc(N2CCOCC2)cc1)(c1ccc2c(c1)C(C)(C)c1ccccc1-2)C=C3. The molecule has 3 nitrogen and oxygen atoms in total. The lowest BCUT2D eigenvalue weighted by molar-refractivity contribution is 0.122. The summed E-state index contributed by atoms with van der Waals surface area (Å²) in [5.41, 5.74) is 15.6. The van der Waals surface area contributed by atoms with E-state index in [4.69, 9.17) is 9.47 Å². The Balaban J connectivity index is 1.21. The second-order valence-electron chi connectivity index (χ2n) is 16.0. The number of morpholine rings is 1. The van der Waals surface area contributed by atoms with Crippen LogP contribution in [0.25, 0.3) is 39.1 Å². The fourth-order valence-electron chi connectivity index (χ4n) is 9.70. The molecule has 1 fully saturated rings. The molecule has 0 bridgehead atoms. The van der Waals surface area contributed by atoms with Gasteiger partial charge in [-0.25, -0.2) is 0 Å². The number of ether oxygens (including phenoxy) is 2. The van der Waals surface area contributed by atoms with Crippen molar-refractivity contribution < 1.29 is 9.47 Å². The number of nitrogens with zero attached hydrogens (tertiary/aromatic N) is 1. The maximum atomic E-state index is 7.72. The van der Waals surface area contributed by atoms with Gasteiger partial charge in [-0.15, -0.1) is 0 Å². The molecule has 4 aliphatic rings. The van der Waals surface area contributed by atoms with Gasteiger partial charge in [0.1, 0.15) is 5.75 Å². The van der Waals surface area contributed by atoms with Gasteiger partial charge in [-0.1, -0.05) is 130 Å². The molecule has 51 heavy (non-hydrogen) atoms. The van der Waals surface area contributed by atoms with Crippen LogP contribution in [0.5, 0.6) is 5.75 Å². The zero-order valence-electron chi connectivity index (χ0n) is 30.1. The summed E-state index contributed by atoms with van der Waals surface area (Å²) in [6, 6.07) is 40.9. The minimum absolute atomic E-state index is 0.124. The number of fused-ring (bicyclic) bond motifs is 11. The summed E-state index contributed by atoms with van der Waals surface area (Å²) in [6.07, 6.45) is 4.73. The number of anilines is 1. The number of benzene rings is 6. The van der Waals surface area contributed by atoms with E-state index in [1.807, 2.05) is 0 Å². The van der Waals surface area contributed by atoms with Gasteiger partial charge < -0.3 is 14.4 Å². The van der Waals surface area contributed by atoms with Crippen LogP contribution in [0.15, 0.2) is 115 Å². The minimum Gasteiger partial charge on any atom is -0.472 e. The largest absolute Gasteiger partial charge is 0.472 e. The van der Waals surface area contributed by atoms with Crippen molar-refractivity contribution in [1.29, 1.82) is 0 Å². The Morgan fingerprint density at radius 2 is 1.27 bits per heavy atom. The Kier molecular flexibility index (Phi) is 6.44. The second-order valence-corrected chi connectivity index (χ2v) is 16.0. The van der Waals surface area contributed by atoms with Gasteiger partial charge in [0, 0.05) is 51.7 Å². The quantitative estimate of drug-likeness (QED) is 0.188. The molecule has 0 spiro atoms. The van der Waals surface area contributed by atoms with Crippen LogP contribution in [0.4, 0.5) is 5.69 Å². The van der Waals surface area contributed by atoms with Crippen LogP contribution in [-0.2, 0) is 21.2 Å². The van der Waals surface area contributed by atoms with E-state index in [2.05, 4.69) is 161 Å². The summed E-state index contributed by atoms with van der Waals surface area (Å²) in [4.78, 5) is 2.42. The fraction of sp³-hybridized carbons (Fsp3) is 0.250. The zero-order chi connectivity index (χ0) is 34.7. The van der Waals surface area contributed by atoms with Gasteiger partial charge in [0.2, 0.25) is 0 Å². The molecule has 252 valence electrons. The van der Waals surface area contributed by atoms with Crippen molar-refractivity contribution in [3.63, 3.8) is 0 Å². The molecule has 0 saturated carbocycles. The first-order valence-corrected chi connectivity index (χ1v) is 18.5. The van der Waals surface area contributed by atoms with Gasteiger partial charge in [-0.05, 0) is 81.1 Å². The lowest BCUT2D eigenvalue weighted by Gasteiger charge is -2.39. The van der Waals surface area contributed by atoms with E-state index in [-0.39, 0.29) is 10.8 Å². The van der Waals surface area contributed by atoms with E-state index >= 15 is 0 Å². The molecule has 1 saturated heterocycles. The summed E-state index contributed by atoms with van der Waals surface area (Å²) >= 11 is 0. The lowest BCUT2D eigenvalue weighted by Crippen LogP contribution is -2.37. The highest BCUT2D eigenvalue weighted by molar-refractivity contribution is 6.08. The molecule has 1 unspecified atom stereocenters. The van der Waals surface area contributed by atoms with Crippen LogP contribution < -0.4 is 9.64 Å². The maximum absolute atomic E-state index is 7.72. The number of hydrogen-bond donors (Lipinski definition) is 0. The summed E-state index contributed by atoms with van der Waals surface area (Å²) in [6.45, 7) is 15.0. The smallest absolute Gasteiger partial charge is 0.178 e. The number of rotatable bonds is 3. The highest BCUT2D eigenvalue weighted by Crippen LogP contribution is 2.59. The Bertz CT molecular complexity index is 2440. The zero-order valence-corrected chi connectivity index (χ0v) is 30.1. The molecule has 2 heterocycles. The van der Waals surface area contributed by atoms with Crippen molar-refractivity contribution in [1.82, 2.24) is 0 Å². The molecule has 2 aliphatic carbocycles. The van der Waals surface area contributed by atoms with E-state index in [9.17, 15) is 0 Å². The van der Waals surface area contributed by atoms with Crippen molar-refractivity contribution in [2.75, 3.05) is 31.2 Å². The highest BCUT2D eigenvalue weighted by atomic mass is 16.5. The first-order valence-electron chi connectivity index (χ1n) is 18.5. The summed E-state index contributed by atoms with van der Waals surface area (Å²) in [5, 5.41) is 2.40. The van der Waals surface area contributed by atoms with Gasteiger partial charge in [-0.2, -0.15) is 0 Å². The third-order valence-corrected chi connectivity index (χ3v) is 12.4. The normalized spacial score (nSPS) is 20.3. The summed E-state index contributed by atoms with van der Waals surface area (Å²) in [5.74, 6) is 0.963. The van der Waals surface area contributed by atoms with E-state index in [0.717, 1.165) is 48.6 Å². The van der Waals surface area contributed by atoms with Gasteiger partial charge in [0.15, 0.2) is 5.60 Å². The molecule has 0 aromatic heterocycles. The average molecular weight is 666 g/mol. The van der Waals surface area contributed by atoms with Crippen LogP contribution in [0.1, 0.15) is 72.2 Å². The predicted molar refractivity (Wildman–Crippen MR) is 210 cm³/mol. The molecule has 0 N–H and O–H groups in total. The van der Waals surface area contributed by atoms with Crippen LogP contribution in [0.2, 0.25) is 0 Å². The standard InChI is InChI=1S/C48H43NO2/c1-30-14-20-38-41(28-30)47(4,5)44-39-22-23-48(51-45(39)37-12-7-6-11-36(37)43(38)44,31-15-18-33(19-16-31)49-24-26-50-27-25-49)32-17-21-35-34-10-8-9-13-40(34)46(2,3)42(35)29-32/h6-23,28-29H,24-27H2,1-5H3. The Morgan fingerprint density at radius 1 is 0.608 bits per heavy atom. The molecule has 2 aliphatic heterocycles. The summed E-state index contributed by atoms with van der Waals surface area (Å²) < 4.78 is 13.4. The average Bonchev–Trinajstić information content (AvgIpc) is 3.54. The van der Waals surface area contributed by atoms with Crippen LogP contribution in [-0.4, -0.2) is 26.3 Å². The van der Waals surface area contributed by atoms with E-state index in [0.29, 0.717) is 0 Å². The molecule has 0 radical (unpaired) electrons. The third-order valence-electron chi connectivity index (χ3n) is 12.4. The first kappa shape index (κ1) is 30.7. The van der Waals surface area contributed by atoms with Crippen molar-refractivity contribution in [2.45, 2.75) is 51.0 Å². The Labute approximate surface area is 301 Å². The summed E-state index contributed by atoms with van der Waals surface area (Å²) in [7, 11) is 0. The van der Waals surface area contributed by atoms with Gasteiger partial charge in [0.05, 0.1) is 13.2 Å². The van der Waals surface area contributed by atoms with E-state index < -0.39 is 5.60 Å². The Hall–Kier alpha value is -5.12. The topological polar surface area (TPSA) is 21.7 Å². The molecule has 10 rings (SSSR count). The van der Waals surface area contributed by atoms with E-state index in [1.54, 1.807) is 0 Å². The van der Waals surface area contributed by atoms with Crippen molar-refractivity contribution in [2.24, 2.45) is 0 Å². The van der Waals surface area contributed by atoms with Crippen molar-refractivity contribution in [3.05, 3.63) is 160 Å². The van der Waals surface area contributed by atoms with Crippen LogP contribution in [0.3, 0.4) is 0 Å². The first-order chi connectivity index (χ1) is 24.7. The van der Waals surface area contributed by atoms with Gasteiger partial charge in [0.25, 0.3) is 0 Å².